The van der Waals surface area contributed by atoms with Gasteiger partial charge in [-0.15, -0.1) is 0 Å². The molecule has 0 radical (unpaired) electrons. The second-order valence-corrected chi connectivity index (χ2v) is 11.0. The molecular formula is C27H37FN4O3. The molecule has 1 spiro atoms. The van der Waals surface area contributed by atoms with Crippen LogP contribution in [0.2, 0.25) is 0 Å². The van der Waals surface area contributed by atoms with Gasteiger partial charge in [0, 0.05) is 25.2 Å². The van der Waals surface area contributed by atoms with Crippen LogP contribution < -0.4 is 10.6 Å². The Morgan fingerprint density at radius 2 is 1.74 bits per heavy atom. The van der Waals surface area contributed by atoms with Gasteiger partial charge < -0.3 is 10.2 Å². The van der Waals surface area contributed by atoms with Crippen LogP contribution in [0.5, 0.6) is 0 Å². The van der Waals surface area contributed by atoms with Crippen molar-refractivity contribution in [1.82, 2.24) is 15.1 Å². The second kappa shape index (κ2) is 10.2. The quantitative estimate of drug-likeness (QED) is 0.626. The third-order valence-corrected chi connectivity index (χ3v) is 8.81. The fourth-order valence-corrected chi connectivity index (χ4v) is 6.53. The highest BCUT2D eigenvalue weighted by atomic mass is 19.1. The van der Waals surface area contributed by atoms with E-state index in [0.717, 1.165) is 51.9 Å². The van der Waals surface area contributed by atoms with E-state index in [1.165, 1.54) is 31.7 Å². The number of hydrogen-bond acceptors (Lipinski definition) is 5. The van der Waals surface area contributed by atoms with Crippen LogP contribution in [0.25, 0.3) is 0 Å². The standard InChI is InChI=1S/C27H37FN4O3/c28-22-17-20(29-23-5-6-24(33)30-26(23)35)3-4-21(22)19-7-13-31(14-8-19)18-25(34)32-15-11-27(12-16-32)9-1-2-10-27/h3-4,17,19,23,29H,1-2,5-16,18H2,(H,30,33,35). The summed E-state index contributed by atoms with van der Waals surface area (Å²) in [5.41, 5.74) is 1.76. The topological polar surface area (TPSA) is 81.8 Å². The van der Waals surface area contributed by atoms with E-state index in [-0.39, 0.29) is 35.9 Å². The van der Waals surface area contributed by atoms with Gasteiger partial charge in [-0.05, 0) is 87.1 Å². The van der Waals surface area contributed by atoms with Crippen molar-refractivity contribution in [3.05, 3.63) is 29.6 Å². The number of nitrogens with one attached hydrogen (secondary N) is 2. The molecule has 190 valence electrons. The summed E-state index contributed by atoms with van der Waals surface area (Å²) in [5.74, 6) is -0.535. The van der Waals surface area contributed by atoms with Crippen molar-refractivity contribution >= 4 is 23.4 Å². The number of piperidine rings is 3. The molecule has 1 aromatic rings. The van der Waals surface area contributed by atoms with Crippen molar-refractivity contribution in [2.75, 3.05) is 38.0 Å². The molecule has 5 rings (SSSR count). The zero-order chi connectivity index (χ0) is 24.4. The SMILES string of the molecule is O=C1CCC(Nc2ccc(C3CCN(CC(=O)N4CCC5(CCCC5)CC4)CC3)c(F)c2)C(=O)N1. The Kier molecular flexibility index (Phi) is 7.09. The Bertz CT molecular complexity index is 959. The monoisotopic (exact) mass is 484 g/mol. The minimum Gasteiger partial charge on any atom is -0.374 e. The summed E-state index contributed by atoms with van der Waals surface area (Å²) < 4.78 is 15.0. The van der Waals surface area contributed by atoms with Crippen LogP contribution in [-0.2, 0) is 14.4 Å². The molecule has 8 heteroatoms. The molecule has 35 heavy (non-hydrogen) atoms. The number of carbonyl (C=O) groups excluding carboxylic acids is 3. The number of carbonyl (C=O) groups is 3. The van der Waals surface area contributed by atoms with Gasteiger partial charge in [-0.2, -0.15) is 0 Å². The number of likely N-dealkylation sites (tertiary alicyclic amines) is 2. The highest BCUT2D eigenvalue weighted by Gasteiger charge is 2.38. The highest BCUT2D eigenvalue weighted by Crippen LogP contribution is 2.46. The molecule has 1 aliphatic carbocycles. The van der Waals surface area contributed by atoms with E-state index in [1.54, 1.807) is 0 Å². The van der Waals surface area contributed by atoms with Gasteiger partial charge in [0.05, 0.1) is 6.54 Å². The maximum Gasteiger partial charge on any atom is 0.249 e. The molecule has 0 bridgehead atoms. The van der Waals surface area contributed by atoms with Crippen molar-refractivity contribution in [2.24, 2.45) is 5.41 Å². The number of benzene rings is 1. The minimum atomic E-state index is -0.526. The summed E-state index contributed by atoms with van der Waals surface area (Å²) in [4.78, 5) is 40.4. The summed E-state index contributed by atoms with van der Waals surface area (Å²) in [6.07, 6.45) is 10.0. The van der Waals surface area contributed by atoms with E-state index >= 15 is 0 Å². The van der Waals surface area contributed by atoms with E-state index in [9.17, 15) is 18.8 Å². The molecule has 4 aliphatic rings. The lowest BCUT2D eigenvalue weighted by Crippen LogP contribution is -2.47. The number of anilines is 1. The fraction of sp³-hybridized carbons (Fsp3) is 0.667. The third-order valence-electron chi connectivity index (χ3n) is 8.81. The van der Waals surface area contributed by atoms with Gasteiger partial charge in [0.25, 0.3) is 0 Å². The molecular weight excluding hydrogens is 447 g/mol. The van der Waals surface area contributed by atoms with Gasteiger partial charge in [-0.1, -0.05) is 18.9 Å². The van der Waals surface area contributed by atoms with Crippen molar-refractivity contribution in [1.29, 1.82) is 0 Å². The summed E-state index contributed by atoms with van der Waals surface area (Å²) in [6.45, 7) is 3.87. The van der Waals surface area contributed by atoms with E-state index in [4.69, 9.17) is 0 Å². The van der Waals surface area contributed by atoms with Gasteiger partial charge in [0.2, 0.25) is 17.7 Å². The van der Waals surface area contributed by atoms with E-state index < -0.39 is 6.04 Å². The second-order valence-electron chi connectivity index (χ2n) is 11.0. The number of hydrogen-bond donors (Lipinski definition) is 2. The summed E-state index contributed by atoms with van der Waals surface area (Å²) in [5, 5.41) is 5.35. The first-order chi connectivity index (χ1) is 16.9. The Morgan fingerprint density at radius 1 is 1.03 bits per heavy atom. The van der Waals surface area contributed by atoms with Crippen LogP contribution in [0.4, 0.5) is 10.1 Å². The third kappa shape index (κ3) is 5.52. The molecule has 1 atom stereocenters. The Balaban J connectivity index is 1.09. The van der Waals surface area contributed by atoms with Crippen LogP contribution in [0.15, 0.2) is 18.2 Å². The summed E-state index contributed by atoms with van der Waals surface area (Å²) in [7, 11) is 0. The first-order valence-corrected chi connectivity index (χ1v) is 13.3. The molecule has 3 heterocycles. The lowest BCUT2D eigenvalue weighted by molar-refractivity contribution is -0.135. The van der Waals surface area contributed by atoms with Crippen LogP contribution in [0.3, 0.4) is 0 Å². The fourth-order valence-electron chi connectivity index (χ4n) is 6.53. The molecule has 1 aromatic carbocycles. The van der Waals surface area contributed by atoms with Crippen LogP contribution in [0, 0.1) is 11.2 Å². The highest BCUT2D eigenvalue weighted by molar-refractivity contribution is 6.01. The number of amides is 3. The normalized spacial score (nSPS) is 25.6. The molecule has 3 saturated heterocycles. The molecule has 0 aromatic heterocycles. The molecule has 7 nitrogen and oxygen atoms in total. The van der Waals surface area contributed by atoms with Gasteiger partial charge >= 0.3 is 0 Å². The van der Waals surface area contributed by atoms with Gasteiger partial charge in [0.15, 0.2) is 0 Å². The van der Waals surface area contributed by atoms with Crippen LogP contribution >= 0.6 is 0 Å². The Hall–Kier alpha value is -2.48. The zero-order valence-electron chi connectivity index (χ0n) is 20.5. The van der Waals surface area contributed by atoms with Gasteiger partial charge in [-0.25, -0.2) is 4.39 Å². The van der Waals surface area contributed by atoms with Crippen molar-refractivity contribution in [2.45, 2.75) is 76.2 Å². The molecule has 1 saturated carbocycles. The smallest absolute Gasteiger partial charge is 0.249 e. The van der Waals surface area contributed by atoms with E-state index in [1.807, 2.05) is 12.1 Å². The van der Waals surface area contributed by atoms with Crippen molar-refractivity contribution < 1.29 is 18.8 Å². The van der Waals surface area contributed by atoms with Gasteiger partial charge in [-0.3, -0.25) is 24.6 Å². The van der Waals surface area contributed by atoms with Crippen molar-refractivity contribution in [3.8, 4) is 0 Å². The van der Waals surface area contributed by atoms with Gasteiger partial charge in [0.1, 0.15) is 11.9 Å². The number of imide groups is 1. The summed E-state index contributed by atoms with van der Waals surface area (Å²) in [6, 6.07) is 4.54. The number of halogens is 1. The predicted octanol–water partition coefficient (Wildman–Crippen LogP) is 3.41. The molecule has 2 N–H and O–H groups in total. The average molecular weight is 485 g/mol. The molecule has 1 unspecified atom stereocenters. The first kappa shape index (κ1) is 24.2. The van der Waals surface area contributed by atoms with E-state index in [2.05, 4.69) is 20.4 Å². The Labute approximate surface area is 206 Å². The molecule has 3 aliphatic heterocycles. The first-order valence-electron chi connectivity index (χ1n) is 13.3. The lowest BCUT2D eigenvalue weighted by Gasteiger charge is -2.40. The van der Waals surface area contributed by atoms with Crippen LogP contribution in [0.1, 0.15) is 75.7 Å². The Morgan fingerprint density at radius 3 is 2.40 bits per heavy atom. The van der Waals surface area contributed by atoms with Crippen LogP contribution in [-0.4, -0.2) is 66.3 Å². The summed E-state index contributed by atoms with van der Waals surface area (Å²) >= 11 is 0. The van der Waals surface area contributed by atoms with E-state index in [0.29, 0.717) is 29.6 Å². The maximum atomic E-state index is 15.0. The lowest BCUT2D eigenvalue weighted by atomic mass is 9.77. The average Bonchev–Trinajstić information content (AvgIpc) is 3.30. The molecule has 4 fully saturated rings. The number of rotatable bonds is 5. The maximum absolute atomic E-state index is 15.0. The largest absolute Gasteiger partial charge is 0.374 e. The molecule has 3 amide bonds. The predicted molar refractivity (Wildman–Crippen MR) is 131 cm³/mol. The van der Waals surface area contributed by atoms with Crippen molar-refractivity contribution in [3.63, 3.8) is 0 Å². The number of nitrogens with zero attached hydrogens (tertiary/aromatic N) is 2. The zero-order valence-corrected chi connectivity index (χ0v) is 20.5. The minimum absolute atomic E-state index is 0.128.